The van der Waals surface area contributed by atoms with Crippen LogP contribution < -0.4 is 4.74 Å². The fourth-order valence-corrected chi connectivity index (χ4v) is 1.88. The second-order valence-corrected chi connectivity index (χ2v) is 4.68. The van der Waals surface area contributed by atoms with Gasteiger partial charge in [-0.15, -0.1) is 0 Å². The lowest BCUT2D eigenvalue weighted by Gasteiger charge is -2.11. The van der Waals surface area contributed by atoms with Crippen LogP contribution in [0.2, 0.25) is 5.02 Å². The SMILES string of the molecule is CCOC(=O)C(Br)C(=O)c1cc(Cl)ccc1OC. The molecule has 1 aromatic carbocycles. The van der Waals surface area contributed by atoms with Crippen LogP contribution in [0, 0.1) is 0 Å². The van der Waals surface area contributed by atoms with Gasteiger partial charge in [0.1, 0.15) is 5.75 Å². The van der Waals surface area contributed by atoms with Crippen LogP contribution >= 0.6 is 27.5 Å². The molecule has 1 unspecified atom stereocenters. The number of ketones is 1. The number of halogens is 2. The second kappa shape index (κ2) is 6.75. The fourth-order valence-electron chi connectivity index (χ4n) is 1.33. The first kappa shape index (κ1) is 15.0. The summed E-state index contributed by atoms with van der Waals surface area (Å²) in [6.07, 6.45) is 0. The van der Waals surface area contributed by atoms with Gasteiger partial charge in [-0.3, -0.25) is 9.59 Å². The Kier molecular flexibility index (Phi) is 5.62. The third-order valence-corrected chi connectivity index (χ3v) is 3.18. The number of carbonyl (C=O) groups excluding carboxylic acids is 2. The van der Waals surface area contributed by atoms with Gasteiger partial charge >= 0.3 is 5.97 Å². The molecule has 18 heavy (non-hydrogen) atoms. The Morgan fingerprint density at radius 2 is 2.11 bits per heavy atom. The molecule has 98 valence electrons. The number of benzene rings is 1. The van der Waals surface area contributed by atoms with Crippen molar-refractivity contribution < 1.29 is 19.1 Å². The van der Waals surface area contributed by atoms with Gasteiger partial charge < -0.3 is 9.47 Å². The van der Waals surface area contributed by atoms with Gasteiger partial charge in [0.2, 0.25) is 0 Å². The van der Waals surface area contributed by atoms with E-state index in [0.29, 0.717) is 10.8 Å². The number of methoxy groups -OCH3 is 1. The van der Waals surface area contributed by atoms with Gasteiger partial charge in [0.25, 0.3) is 0 Å². The van der Waals surface area contributed by atoms with E-state index in [9.17, 15) is 9.59 Å². The first-order valence-corrected chi connectivity index (χ1v) is 6.49. The lowest BCUT2D eigenvalue weighted by Crippen LogP contribution is -2.26. The summed E-state index contributed by atoms with van der Waals surface area (Å²) in [7, 11) is 1.44. The normalized spacial score (nSPS) is 11.8. The Bertz CT molecular complexity index is 461. The second-order valence-electron chi connectivity index (χ2n) is 3.32. The number of hydrogen-bond acceptors (Lipinski definition) is 4. The predicted molar refractivity (Wildman–Crippen MR) is 71.7 cm³/mol. The highest BCUT2D eigenvalue weighted by Gasteiger charge is 2.28. The van der Waals surface area contributed by atoms with Crippen LogP contribution in [0.4, 0.5) is 0 Å². The van der Waals surface area contributed by atoms with Crippen LogP contribution in [-0.4, -0.2) is 30.3 Å². The van der Waals surface area contributed by atoms with Crippen molar-refractivity contribution in [2.45, 2.75) is 11.8 Å². The van der Waals surface area contributed by atoms with Crippen LogP contribution in [0.25, 0.3) is 0 Å². The van der Waals surface area contributed by atoms with E-state index in [4.69, 9.17) is 21.1 Å². The Morgan fingerprint density at radius 1 is 1.44 bits per heavy atom. The van der Waals surface area contributed by atoms with Gasteiger partial charge in [-0.05, 0) is 25.1 Å². The summed E-state index contributed by atoms with van der Waals surface area (Å²) in [5.74, 6) is -0.726. The van der Waals surface area contributed by atoms with Crippen molar-refractivity contribution in [2.75, 3.05) is 13.7 Å². The van der Waals surface area contributed by atoms with Crippen LogP contribution in [0.5, 0.6) is 5.75 Å². The maximum atomic E-state index is 12.1. The molecule has 0 aliphatic heterocycles. The van der Waals surface area contributed by atoms with Gasteiger partial charge in [0.15, 0.2) is 10.6 Å². The van der Waals surface area contributed by atoms with Crippen molar-refractivity contribution >= 4 is 39.3 Å². The van der Waals surface area contributed by atoms with E-state index in [-0.39, 0.29) is 12.2 Å². The standard InChI is InChI=1S/C12H12BrClO4/c1-3-18-12(16)10(13)11(15)8-6-7(14)4-5-9(8)17-2/h4-6,10H,3H2,1-2H3. The van der Waals surface area contributed by atoms with E-state index in [1.807, 2.05) is 0 Å². The Labute approximate surface area is 118 Å². The third kappa shape index (κ3) is 3.46. The number of ether oxygens (including phenoxy) is 2. The first-order valence-electron chi connectivity index (χ1n) is 5.19. The molecule has 6 heteroatoms. The number of rotatable bonds is 5. The zero-order chi connectivity index (χ0) is 13.7. The lowest BCUT2D eigenvalue weighted by molar-refractivity contribution is -0.141. The highest BCUT2D eigenvalue weighted by molar-refractivity contribution is 9.10. The van der Waals surface area contributed by atoms with Gasteiger partial charge in [-0.2, -0.15) is 0 Å². The minimum Gasteiger partial charge on any atom is -0.496 e. The van der Waals surface area contributed by atoms with Gasteiger partial charge in [0.05, 0.1) is 19.3 Å². The number of esters is 1. The highest BCUT2D eigenvalue weighted by atomic mass is 79.9. The van der Waals surface area contributed by atoms with E-state index < -0.39 is 16.6 Å². The largest absolute Gasteiger partial charge is 0.496 e. The smallest absolute Gasteiger partial charge is 0.327 e. The van der Waals surface area contributed by atoms with E-state index in [1.54, 1.807) is 19.1 Å². The molecule has 1 aromatic rings. The number of alkyl halides is 1. The quantitative estimate of drug-likeness (QED) is 0.359. The third-order valence-electron chi connectivity index (χ3n) is 2.15. The molecule has 0 aromatic heterocycles. The minimum absolute atomic E-state index is 0.209. The summed E-state index contributed by atoms with van der Waals surface area (Å²) >= 11 is 8.84. The summed E-state index contributed by atoms with van der Waals surface area (Å²) in [6.45, 7) is 1.88. The molecule has 0 heterocycles. The number of carbonyl (C=O) groups is 2. The van der Waals surface area contributed by atoms with Crippen molar-refractivity contribution in [1.29, 1.82) is 0 Å². The molecule has 1 atom stereocenters. The van der Waals surface area contributed by atoms with Crippen molar-refractivity contribution in [1.82, 2.24) is 0 Å². The fraction of sp³-hybridized carbons (Fsp3) is 0.333. The molecule has 0 aliphatic rings. The molecular formula is C12H12BrClO4. The highest BCUT2D eigenvalue weighted by Crippen LogP contribution is 2.25. The van der Waals surface area contributed by atoms with Crippen LogP contribution in [0.1, 0.15) is 17.3 Å². The van der Waals surface area contributed by atoms with Crippen molar-refractivity contribution in [3.63, 3.8) is 0 Å². The van der Waals surface area contributed by atoms with Crippen LogP contribution in [0.15, 0.2) is 18.2 Å². The molecule has 0 saturated carbocycles. The first-order chi connectivity index (χ1) is 8.51. The van der Waals surface area contributed by atoms with E-state index in [2.05, 4.69) is 15.9 Å². The zero-order valence-corrected chi connectivity index (χ0v) is 12.2. The maximum Gasteiger partial charge on any atom is 0.327 e. The zero-order valence-electron chi connectivity index (χ0n) is 9.91. The van der Waals surface area contributed by atoms with Gasteiger partial charge in [0, 0.05) is 5.02 Å². The molecule has 0 fully saturated rings. The Hall–Kier alpha value is -1.07. The molecular weight excluding hydrogens is 323 g/mol. The summed E-state index contributed by atoms with van der Waals surface area (Å²) in [4.78, 5) is 22.5. The molecule has 0 radical (unpaired) electrons. The molecule has 4 nitrogen and oxygen atoms in total. The molecule has 0 spiro atoms. The Balaban J connectivity index is 3.02. The average Bonchev–Trinajstić information content (AvgIpc) is 2.37. The summed E-state index contributed by atoms with van der Waals surface area (Å²) in [5, 5.41) is 0.391. The van der Waals surface area contributed by atoms with Gasteiger partial charge in [-0.25, -0.2) is 0 Å². The van der Waals surface area contributed by atoms with E-state index >= 15 is 0 Å². The molecule has 0 saturated heterocycles. The minimum atomic E-state index is -1.06. The van der Waals surface area contributed by atoms with Crippen LogP contribution in [0.3, 0.4) is 0 Å². The maximum absolute atomic E-state index is 12.1. The predicted octanol–water partition coefficient (Wildman–Crippen LogP) is 2.86. The lowest BCUT2D eigenvalue weighted by atomic mass is 10.1. The van der Waals surface area contributed by atoms with Gasteiger partial charge in [-0.1, -0.05) is 27.5 Å². The molecule has 0 amide bonds. The van der Waals surface area contributed by atoms with E-state index in [1.165, 1.54) is 13.2 Å². The Morgan fingerprint density at radius 3 is 2.67 bits per heavy atom. The molecule has 0 bridgehead atoms. The molecule has 1 rings (SSSR count). The summed E-state index contributed by atoms with van der Waals surface area (Å²) in [5.41, 5.74) is 0.236. The molecule has 0 N–H and O–H groups in total. The topological polar surface area (TPSA) is 52.6 Å². The van der Waals surface area contributed by atoms with Crippen molar-refractivity contribution in [2.24, 2.45) is 0 Å². The van der Waals surface area contributed by atoms with Crippen LogP contribution in [-0.2, 0) is 9.53 Å². The van der Waals surface area contributed by atoms with E-state index in [0.717, 1.165) is 0 Å². The molecule has 0 aliphatic carbocycles. The number of Topliss-reactive ketones (excluding diaryl/α,β-unsaturated/α-hetero) is 1. The number of hydrogen-bond donors (Lipinski definition) is 0. The monoisotopic (exact) mass is 334 g/mol. The average molecular weight is 336 g/mol. The summed E-state index contributed by atoms with van der Waals surface area (Å²) in [6, 6.07) is 4.63. The summed E-state index contributed by atoms with van der Waals surface area (Å²) < 4.78 is 9.83. The van der Waals surface area contributed by atoms with Crippen molar-refractivity contribution in [3.8, 4) is 5.75 Å². The van der Waals surface area contributed by atoms with Crippen molar-refractivity contribution in [3.05, 3.63) is 28.8 Å².